The molecule has 1 heterocycles. The van der Waals surface area contributed by atoms with Gasteiger partial charge in [-0.05, 0) is 60.9 Å². The molecule has 0 aromatic heterocycles. The van der Waals surface area contributed by atoms with Gasteiger partial charge in [0.1, 0.15) is 12.0 Å². The summed E-state index contributed by atoms with van der Waals surface area (Å²) in [7, 11) is 1.93. The highest BCUT2D eigenvalue weighted by Gasteiger charge is 2.20. The van der Waals surface area contributed by atoms with Crippen molar-refractivity contribution in [2.75, 3.05) is 7.05 Å². The zero-order valence-electron chi connectivity index (χ0n) is 15.1. The number of allylic oxidation sites excluding steroid dienone is 2. The maximum Gasteiger partial charge on any atom is 0.142 e. The van der Waals surface area contributed by atoms with Crippen LogP contribution in [-0.2, 0) is 0 Å². The van der Waals surface area contributed by atoms with E-state index in [2.05, 4.69) is 5.10 Å². The molecule has 0 fully saturated rings. The maximum absolute atomic E-state index is 13.2. The Bertz CT molecular complexity index is 867. The zero-order valence-corrected chi connectivity index (χ0v) is 15.8. The fourth-order valence-corrected chi connectivity index (χ4v) is 3.01. The van der Waals surface area contributed by atoms with Crippen molar-refractivity contribution in [3.05, 3.63) is 76.6 Å². The highest BCUT2D eigenvalue weighted by Crippen LogP contribution is 2.20. The van der Waals surface area contributed by atoms with Gasteiger partial charge in [0, 0.05) is 24.2 Å². The summed E-state index contributed by atoms with van der Waals surface area (Å²) in [6.45, 7) is 4.01. The van der Waals surface area contributed by atoms with E-state index in [1.807, 2.05) is 56.2 Å². The van der Waals surface area contributed by atoms with Gasteiger partial charge in [-0.1, -0.05) is 35.9 Å². The van der Waals surface area contributed by atoms with Crippen molar-refractivity contribution in [2.45, 2.75) is 26.4 Å². The van der Waals surface area contributed by atoms with Crippen molar-refractivity contribution in [1.82, 2.24) is 5.01 Å². The Labute approximate surface area is 158 Å². The molecule has 1 aliphatic rings. The summed E-state index contributed by atoms with van der Waals surface area (Å²) in [6.07, 6.45) is 2.80. The van der Waals surface area contributed by atoms with E-state index in [-0.39, 0.29) is 12.0 Å². The molecule has 0 saturated carbocycles. The predicted octanol–water partition coefficient (Wildman–Crippen LogP) is 5.41. The van der Waals surface area contributed by atoms with Crippen LogP contribution in [0.4, 0.5) is 4.39 Å². The van der Waals surface area contributed by atoms with Crippen molar-refractivity contribution < 1.29 is 4.39 Å². The van der Waals surface area contributed by atoms with Gasteiger partial charge in [-0.25, -0.2) is 4.39 Å². The molecule has 134 valence electrons. The van der Waals surface area contributed by atoms with E-state index in [1.54, 1.807) is 12.1 Å². The molecule has 0 amide bonds. The Morgan fingerprint density at radius 1 is 1.15 bits per heavy atom. The molecule has 0 bridgehead atoms. The molecular weight excluding hydrogens is 349 g/mol. The minimum absolute atomic E-state index is 0.0297. The third kappa shape index (κ3) is 4.38. The molecule has 26 heavy (non-hydrogen) atoms. The van der Waals surface area contributed by atoms with Crippen LogP contribution in [0.3, 0.4) is 0 Å². The van der Waals surface area contributed by atoms with Gasteiger partial charge < -0.3 is 0 Å². The second kappa shape index (κ2) is 7.83. The number of hydrogen-bond acceptors (Lipinski definition) is 3. The molecule has 3 rings (SSSR count). The van der Waals surface area contributed by atoms with Crippen molar-refractivity contribution in [3.63, 3.8) is 0 Å². The first-order valence-corrected chi connectivity index (χ1v) is 8.85. The van der Waals surface area contributed by atoms with Crippen LogP contribution < -0.4 is 0 Å². The summed E-state index contributed by atoms with van der Waals surface area (Å²) in [5.41, 5.74) is 4.87. The predicted molar refractivity (Wildman–Crippen MR) is 107 cm³/mol. The van der Waals surface area contributed by atoms with Gasteiger partial charge in [-0.3, -0.25) is 10.0 Å². The average Bonchev–Trinajstić information content (AvgIpc) is 2.92. The summed E-state index contributed by atoms with van der Waals surface area (Å²) in [5, 5.41) is 7.00. The molecular formula is C21H21ClFN3. The number of nitrogens with zero attached hydrogens (tertiary/aromatic N) is 3. The molecule has 0 radical (unpaired) electrons. The molecule has 0 N–H and O–H groups in total. The molecule has 1 aliphatic heterocycles. The topological polar surface area (TPSA) is 28.0 Å². The summed E-state index contributed by atoms with van der Waals surface area (Å²) in [4.78, 5) is 4.92. The Morgan fingerprint density at radius 2 is 1.77 bits per heavy atom. The van der Waals surface area contributed by atoms with Gasteiger partial charge in [-0.15, -0.1) is 0 Å². The Morgan fingerprint density at radius 3 is 2.35 bits per heavy atom. The van der Waals surface area contributed by atoms with Gasteiger partial charge in [0.25, 0.3) is 0 Å². The second-order valence-corrected chi connectivity index (χ2v) is 6.89. The first kappa shape index (κ1) is 18.3. The van der Waals surface area contributed by atoms with Crippen LogP contribution in [0.25, 0.3) is 5.57 Å². The number of halogens is 2. The fraction of sp³-hybridized carbons (Fsp3) is 0.238. The minimum Gasteiger partial charge on any atom is -0.276 e. The van der Waals surface area contributed by atoms with Crippen LogP contribution in [0.5, 0.6) is 0 Å². The van der Waals surface area contributed by atoms with E-state index in [9.17, 15) is 4.39 Å². The van der Waals surface area contributed by atoms with Crippen molar-refractivity contribution >= 4 is 28.6 Å². The van der Waals surface area contributed by atoms with Gasteiger partial charge in [0.15, 0.2) is 0 Å². The summed E-state index contributed by atoms with van der Waals surface area (Å²) >= 11 is 6.03. The van der Waals surface area contributed by atoms with Crippen LogP contribution in [0.1, 0.15) is 31.4 Å². The zero-order chi connectivity index (χ0) is 18.7. The van der Waals surface area contributed by atoms with E-state index < -0.39 is 0 Å². The average molecular weight is 370 g/mol. The molecule has 2 aromatic carbocycles. The monoisotopic (exact) mass is 369 g/mol. The Balaban J connectivity index is 1.99. The molecule has 0 aliphatic carbocycles. The third-order valence-electron chi connectivity index (χ3n) is 4.32. The molecule has 0 saturated heterocycles. The van der Waals surface area contributed by atoms with E-state index in [1.165, 1.54) is 12.1 Å². The second-order valence-electron chi connectivity index (χ2n) is 6.45. The standard InChI is InChI=1S/C21H21ClFN3/c1-14(16-6-10-19(23)11-7-16)12-20(17-4-8-18(22)9-5-17)24-21-13-15(2)25-26(21)3/h4-12,21H,13H2,1-3H3/b14-12+,24-20+. The SMILES string of the molecule is CC1=NN(C)C(/N=C(\C=C(/C)c2ccc(F)cc2)c2ccc(Cl)cc2)C1. The molecule has 3 nitrogen and oxygen atoms in total. The van der Waals surface area contributed by atoms with Crippen molar-refractivity contribution in [2.24, 2.45) is 10.1 Å². The molecule has 0 spiro atoms. The maximum atomic E-state index is 13.2. The highest BCUT2D eigenvalue weighted by atomic mass is 35.5. The van der Waals surface area contributed by atoms with E-state index in [0.717, 1.165) is 34.5 Å². The molecule has 1 atom stereocenters. The normalized spacial score (nSPS) is 18.3. The lowest BCUT2D eigenvalue weighted by atomic mass is 10.0. The van der Waals surface area contributed by atoms with Crippen molar-refractivity contribution in [3.8, 4) is 0 Å². The van der Waals surface area contributed by atoms with E-state index in [4.69, 9.17) is 16.6 Å². The quantitative estimate of drug-likeness (QED) is 0.662. The van der Waals surface area contributed by atoms with Crippen LogP contribution in [-0.4, -0.2) is 29.6 Å². The lowest BCUT2D eigenvalue weighted by molar-refractivity contribution is 0.293. The number of aliphatic imine (C=N–C) groups is 1. The number of rotatable bonds is 4. The van der Waals surface area contributed by atoms with Gasteiger partial charge in [0.05, 0.1) is 5.71 Å². The van der Waals surface area contributed by atoms with Gasteiger partial charge >= 0.3 is 0 Å². The van der Waals surface area contributed by atoms with Crippen LogP contribution in [0, 0.1) is 5.82 Å². The lowest BCUT2D eigenvalue weighted by Gasteiger charge is -2.16. The number of benzene rings is 2. The minimum atomic E-state index is -0.242. The molecule has 2 aromatic rings. The Hall–Kier alpha value is -2.46. The first-order chi connectivity index (χ1) is 12.4. The summed E-state index contributed by atoms with van der Waals surface area (Å²) < 4.78 is 13.2. The van der Waals surface area contributed by atoms with Crippen LogP contribution >= 0.6 is 11.6 Å². The van der Waals surface area contributed by atoms with Gasteiger partial charge in [0.2, 0.25) is 0 Å². The summed E-state index contributed by atoms with van der Waals surface area (Å²) in [6, 6.07) is 14.1. The van der Waals surface area contributed by atoms with Crippen molar-refractivity contribution in [1.29, 1.82) is 0 Å². The van der Waals surface area contributed by atoms with Gasteiger partial charge in [-0.2, -0.15) is 5.10 Å². The third-order valence-corrected chi connectivity index (χ3v) is 4.57. The van der Waals surface area contributed by atoms with Crippen LogP contribution in [0.2, 0.25) is 5.02 Å². The van der Waals surface area contributed by atoms with E-state index in [0.29, 0.717) is 5.02 Å². The molecule has 5 heteroatoms. The van der Waals surface area contributed by atoms with Crippen LogP contribution in [0.15, 0.2) is 64.7 Å². The lowest BCUT2D eigenvalue weighted by Crippen LogP contribution is -2.22. The smallest absolute Gasteiger partial charge is 0.142 e. The highest BCUT2D eigenvalue weighted by molar-refractivity contribution is 6.30. The summed E-state index contributed by atoms with van der Waals surface area (Å²) in [5.74, 6) is -0.242. The molecule has 1 unspecified atom stereocenters. The Kier molecular flexibility index (Phi) is 5.52. The largest absolute Gasteiger partial charge is 0.276 e. The fourth-order valence-electron chi connectivity index (χ4n) is 2.88. The number of hydrazone groups is 1. The first-order valence-electron chi connectivity index (χ1n) is 8.47. The number of hydrogen-bond donors (Lipinski definition) is 0. The van der Waals surface area contributed by atoms with E-state index >= 15 is 0 Å².